The highest BCUT2D eigenvalue weighted by molar-refractivity contribution is 5.75. The fraction of sp³-hybridized carbons (Fsp3) is 0.917. The minimum Gasteiger partial charge on any atom is -0.336 e. The van der Waals surface area contributed by atoms with Gasteiger partial charge < -0.3 is 16.0 Å². The molecule has 2 unspecified atom stereocenters. The lowest BCUT2D eigenvalue weighted by atomic mass is 9.79. The molecule has 0 aromatic rings. The third-order valence-corrected chi connectivity index (χ3v) is 3.90. The standard InChI is InChI=1S/C12H23N3O/c1-9(2)14-11(16)15-8-7-12(13)6-4-3-5-10(12)15/h9-10H,3-8,13H2,1-2H3,(H,14,16). The van der Waals surface area contributed by atoms with Crippen LogP contribution in [0, 0.1) is 0 Å². The van der Waals surface area contributed by atoms with Gasteiger partial charge in [0, 0.05) is 18.1 Å². The summed E-state index contributed by atoms with van der Waals surface area (Å²) in [5.41, 5.74) is 6.30. The highest BCUT2D eigenvalue weighted by Gasteiger charge is 2.47. The molecule has 1 heterocycles. The van der Waals surface area contributed by atoms with Crippen molar-refractivity contribution in [3.63, 3.8) is 0 Å². The maximum atomic E-state index is 12.0. The molecule has 1 saturated carbocycles. The number of nitrogens with two attached hydrogens (primary N) is 1. The van der Waals surface area contributed by atoms with Crippen LogP contribution in [-0.2, 0) is 0 Å². The predicted octanol–water partition coefficient (Wildman–Crippen LogP) is 1.45. The van der Waals surface area contributed by atoms with E-state index in [1.54, 1.807) is 0 Å². The molecule has 3 N–H and O–H groups in total. The summed E-state index contributed by atoms with van der Waals surface area (Å²) >= 11 is 0. The lowest BCUT2D eigenvalue weighted by Gasteiger charge is -2.39. The van der Waals surface area contributed by atoms with Crippen LogP contribution in [-0.4, -0.2) is 35.1 Å². The number of nitrogens with zero attached hydrogens (tertiary/aromatic N) is 1. The number of hydrogen-bond donors (Lipinski definition) is 2. The normalized spacial score (nSPS) is 34.0. The second kappa shape index (κ2) is 4.24. The van der Waals surface area contributed by atoms with Crippen LogP contribution in [0.4, 0.5) is 4.79 Å². The Morgan fingerprint density at radius 1 is 1.44 bits per heavy atom. The summed E-state index contributed by atoms with van der Waals surface area (Å²) in [6, 6.07) is 0.526. The van der Waals surface area contributed by atoms with Crippen molar-refractivity contribution in [1.29, 1.82) is 0 Å². The topological polar surface area (TPSA) is 58.4 Å². The summed E-state index contributed by atoms with van der Waals surface area (Å²) in [6.45, 7) is 4.80. The van der Waals surface area contributed by atoms with Gasteiger partial charge in [-0.05, 0) is 33.1 Å². The first-order valence-electron chi connectivity index (χ1n) is 6.39. The fourth-order valence-corrected chi connectivity index (χ4v) is 3.06. The van der Waals surface area contributed by atoms with Crippen LogP contribution < -0.4 is 11.1 Å². The molecule has 0 aromatic heterocycles. The maximum absolute atomic E-state index is 12.0. The number of hydrogen-bond acceptors (Lipinski definition) is 2. The van der Waals surface area contributed by atoms with Crippen LogP contribution in [0.1, 0.15) is 46.0 Å². The van der Waals surface area contributed by atoms with Gasteiger partial charge in [-0.3, -0.25) is 0 Å². The van der Waals surface area contributed by atoms with E-state index < -0.39 is 0 Å². The first kappa shape index (κ1) is 11.7. The highest BCUT2D eigenvalue weighted by atomic mass is 16.2. The Bertz CT molecular complexity index is 279. The van der Waals surface area contributed by atoms with E-state index in [9.17, 15) is 4.79 Å². The van der Waals surface area contributed by atoms with Crippen molar-refractivity contribution in [3.05, 3.63) is 0 Å². The van der Waals surface area contributed by atoms with Gasteiger partial charge in [-0.15, -0.1) is 0 Å². The Hall–Kier alpha value is -0.770. The summed E-state index contributed by atoms with van der Waals surface area (Å²) in [6.07, 6.45) is 5.52. The van der Waals surface area contributed by atoms with E-state index in [2.05, 4.69) is 5.32 Å². The highest BCUT2D eigenvalue weighted by Crippen LogP contribution is 2.37. The number of urea groups is 1. The van der Waals surface area contributed by atoms with E-state index in [0.717, 1.165) is 25.8 Å². The fourth-order valence-electron chi connectivity index (χ4n) is 3.06. The Balaban J connectivity index is 2.04. The number of carbonyl (C=O) groups excluding carboxylic acids is 1. The molecule has 2 atom stereocenters. The van der Waals surface area contributed by atoms with Crippen LogP contribution in [0.2, 0.25) is 0 Å². The Kier molecular flexibility index (Phi) is 3.10. The Labute approximate surface area is 97.6 Å². The maximum Gasteiger partial charge on any atom is 0.317 e. The first-order valence-corrected chi connectivity index (χ1v) is 6.39. The molecule has 2 rings (SSSR count). The molecule has 4 heteroatoms. The van der Waals surface area contributed by atoms with E-state index in [-0.39, 0.29) is 23.7 Å². The van der Waals surface area contributed by atoms with Crippen LogP contribution in [0.3, 0.4) is 0 Å². The van der Waals surface area contributed by atoms with E-state index in [1.165, 1.54) is 12.8 Å². The zero-order valence-corrected chi connectivity index (χ0v) is 10.3. The molecule has 0 bridgehead atoms. The average molecular weight is 225 g/mol. The van der Waals surface area contributed by atoms with Crippen molar-refractivity contribution in [2.45, 2.75) is 63.6 Å². The first-order chi connectivity index (χ1) is 7.53. The summed E-state index contributed by atoms with van der Waals surface area (Å²) in [5, 5.41) is 2.97. The summed E-state index contributed by atoms with van der Waals surface area (Å²) in [7, 11) is 0. The molecule has 1 saturated heterocycles. The monoisotopic (exact) mass is 225 g/mol. The van der Waals surface area contributed by atoms with Crippen LogP contribution >= 0.6 is 0 Å². The molecule has 2 aliphatic rings. The lowest BCUT2D eigenvalue weighted by molar-refractivity contribution is 0.156. The van der Waals surface area contributed by atoms with Crippen molar-refractivity contribution in [2.75, 3.05) is 6.54 Å². The number of carbonyl (C=O) groups is 1. The van der Waals surface area contributed by atoms with Gasteiger partial charge in [-0.2, -0.15) is 0 Å². The van der Waals surface area contributed by atoms with Gasteiger partial charge in [0.25, 0.3) is 0 Å². The number of nitrogens with one attached hydrogen (secondary N) is 1. The van der Waals surface area contributed by atoms with Crippen LogP contribution in [0.15, 0.2) is 0 Å². The zero-order chi connectivity index (χ0) is 11.8. The molecule has 0 radical (unpaired) electrons. The van der Waals surface area contributed by atoms with Crippen molar-refractivity contribution >= 4 is 6.03 Å². The Morgan fingerprint density at radius 2 is 2.19 bits per heavy atom. The van der Waals surface area contributed by atoms with Gasteiger partial charge in [0.15, 0.2) is 0 Å². The minimum atomic E-state index is -0.105. The van der Waals surface area contributed by atoms with Gasteiger partial charge in [-0.25, -0.2) is 4.79 Å². The molecule has 0 aromatic carbocycles. The molecule has 0 spiro atoms. The van der Waals surface area contributed by atoms with Crippen LogP contribution in [0.25, 0.3) is 0 Å². The van der Waals surface area contributed by atoms with E-state index >= 15 is 0 Å². The van der Waals surface area contributed by atoms with Crippen molar-refractivity contribution in [2.24, 2.45) is 5.73 Å². The van der Waals surface area contributed by atoms with Crippen molar-refractivity contribution < 1.29 is 4.79 Å². The quantitative estimate of drug-likeness (QED) is 0.709. The lowest BCUT2D eigenvalue weighted by Crippen LogP contribution is -2.56. The molecule has 92 valence electrons. The Morgan fingerprint density at radius 3 is 2.88 bits per heavy atom. The van der Waals surface area contributed by atoms with Gasteiger partial charge in [0.05, 0.1) is 6.04 Å². The molecule has 1 aliphatic carbocycles. The third-order valence-electron chi connectivity index (χ3n) is 3.90. The van der Waals surface area contributed by atoms with Crippen LogP contribution in [0.5, 0.6) is 0 Å². The molecule has 2 amide bonds. The van der Waals surface area contributed by atoms with E-state index in [0.29, 0.717) is 0 Å². The minimum absolute atomic E-state index is 0.0641. The third kappa shape index (κ3) is 2.03. The molecule has 4 nitrogen and oxygen atoms in total. The smallest absolute Gasteiger partial charge is 0.317 e. The summed E-state index contributed by atoms with van der Waals surface area (Å²) in [4.78, 5) is 14.0. The number of rotatable bonds is 1. The summed E-state index contributed by atoms with van der Waals surface area (Å²) in [5.74, 6) is 0. The zero-order valence-electron chi connectivity index (χ0n) is 10.3. The van der Waals surface area contributed by atoms with Gasteiger partial charge >= 0.3 is 6.03 Å². The largest absolute Gasteiger partial charge is 0.336 e. The number of amides is 2. The molecule has 1 aliphatic heterocycles. The average Bonchev–Trinajstić information content (AvgIpc) is 2.54. The number of fused-ring (bicyclic) bond motifs is 1. The SMILES string of the molecule is CC(C)NC(=O)N1CCC2(N)CCCCC12. The molecular weight excluding hydrogens is 202 g/mol. The molecule has 2 fully saturated rings. The molecular formula is C12H23N3O. The van der Waals surface area contributed by atoms with Crippen molar-refractivity contribution in [3.8, 4) is 0 Å². The van der Waals surface area contributed by atoms with Gasteiger partial charge in [0.1, 0.15) is 0 Å². The predicted molar refractivity (Wildman–Crippen MR) is 64.2 cm³/mol. The second-order valence-corrected chi connectivity index (χ2v) is 5.54. The van der Waals surface area contributed by atoms with Crippen molar-refractivity contribution in [1.82, 2.24) is 10.2 Å². The van der Waals surface area contributed by atoms with Gasteiger partial charge in [0.2, 0.25) is 0 Å². The second-order valence-electron chi connectivity index (χ2n) is 5.54. The molecule has 16 heavy (non-hydrogen) atoms. The van der Waals surface area contributed by atoms with Gasteiger partial charge in [-0.1, -0.05) is 12.8 Å². The summed E-state index contributed by atoms with van der Waals surface area (Å²) < 4.78 is 0. The number of likely N-dealkylation sites (tertiary alicyclic amines) is 1. The van der Waals surface area contributed by atoms with E-state index in [1.807, 2.05) is 18.7 Å². The van der Waals surface area contributed by atoms with E-state index in [4.69, 9.17) is 5.73 Å².